The highest BCUT2D eigenvalue weighted by molar-refractivity contribution is 7.99. The highest BCUT2D eigenvalue weighted by Gasteiger charge is 2.30. The molecular formula is C18H28N4OS. The number of likely N-dealkylation sites (tertiary alicyclic amines) is 2. The SMILES string of the molecule is CCSc1ccc(C(=O)N[C@@H]2CCN(C3CCN(C)CC3)C2)cn1. The Labute approximate surface area is 149 Å². The van der Waals surface area contributed by atoms with E-state index in [4.69, 9.17) is 0 Å². The van der Waals surface area contributed by atoms with Crippen LogP contribution in [0.1, 0.15) is 36.5 Å². The molecule has 0 unspecified atom stereocenters. The van der Waals surface area contributed by atoms with Gasteiger partial charge in [0.1, 0.15) is 0 Å². The van der Waals surface area contributed by atoms with Crippen LogP contribution < -0.4 is 5.32 Å². The van der Waals surface area contributed by atoms with Crippen LogP contribution in [0.15, 0.2) is 23.4 Å². The third-order valence-electron chi connectivity index (χ3n) is 5.05. The van der Waals surface area contributed by atoms with Crippen molar-refractivity contribution in [1.29, 1.82) is 0 Å². The third-order valence-corrected chi connectivity index (χ3v) is 5.88. The summed E-state index contributed by atoms with van der Waals surface area (Å²) in [4.78, 5) is 21.7. The van der Waals surface area contributed by atoms with Crippen molar-refractivity contribution in [1.82, 2.24) is 20.1 Å². The van der Waals surface area contributed by atoms with Gasteiger partial charge in [-0.05, 0) is 57.3 Å². The fourth-order valence-corrected chi connectivity index (χ4v) is 4.20. The summed E-state index contributed by atoms with van der Waals surface area (Å²) in [5.74, 6) is 0.999. The maximum absolute atomic E-state index is 12.4. The quantitative estimate of drug-likeness (QED) is 0.826. The van der Waals surface area contributed by atoms with E-state index in [9.17, 15) is 4.79 Å². The maximum atomic E-state index is 12.4. The van der Waals surface area contributed by atoms with Crippen LogP contribution in [0, 0.1) is 0 Å². The van der Waals surface area contributed by atoms with Crippen molar-refractivity contribution in [2.24, 2.45) is 0 Å². The minimum Gasteiger partial charge on any atom is -0.348 e. The Morgan fingerprint density at radius 3 is 2.75 bits per heavy atom. The van der Waals surface area contributed by atoms with E-state index in [0.717, 1.165) is 30.3 Å². The van der Waals surface area contributed by atoms with Crippen molar-refractivity contribution in [3.8, 4) is 0 Å². The second kappa shape index (κ2) is 8.32. The van der Waals surface area contributed by atoms with E-state index in [2.05, 4.69) is 34.1 Å². The van der Waals surface area contributed by atoms with E-state index in [0.29, 0.717) is 11.6 Å². The van der Waals surface area contributed by atoms with E-state index in [1.165, 1.54) is 25.9 Å². The smallest absolute Gasteiger partial charge is 0.253 e. The highest BCUT2D eigenvalue weighted by Crippen LogP contribution is 2.21. The topological polar surface area (TPSA) is 48.5 Å². The number of amides is 1. The van der Waals surface area contributed by atoms with Gasteiger partial charge in [-0.1, -0.05) is 6.92 Å². The van der Waals surface area contributed by atoms with Gasteiger partial charge in [-0.15, -0.1) is 11.8 Å². The van der Waals surface area contributed by atoms with Crippen LogP contribution in [-0.2, 0) is 0 Å². The Morgan fingerprint density at radius 2 is 2.08 bits per heavy atom. The van der Waals surface area contributed by atoms with Crippen LogP contribution in [0.25, 0.3) is 0 Å². The highest BCUT2D eigenvalue weighted by atomic mass is 32.2. The molecule has 3 rings (SSSR count). The number of carbonyl (C=O) groups is 1. The standard InChI is InChI=1S/C18H28N4OS/c1-3-24-17-5-4-14(12-19-17)18(23)20-15-6-11-22(13-15)16-7-9-21(2)10-8-16/h4-5,12,15-16H,3,6-11,13H2,1-2H3,(H,20,23)/t15-/m1/s1. The van der Waals surface area contributed by atoms with Crippen LogP contribution in [0.5, 0.6) is 0 Å². The monoisotopic (exact) mass is 348 g/mol. The second-order valence-corrected chi connectivity index (χ2v) is 8.09. The second-order valence-electron chi connectivity index (χ2n) is 6.81. The van der Waals surface area contributed by atoms with E-state index in [1.54, 1.807) is 18.0 Å². The summed E-state index contributed by atoms with van der Waals surface area (Å²) < 4.78 is 0. The van der Waals surface area contributed by atoms with Crippen LogP contribution in [-0.4, -0.2) is 71.8 Å². The number of pyridine rings is 1. The molecule has 1 amide bonds. The first-order valence-electron chi connectivity index (χ1n) is 8.98. The van der Waals surface area contributed by atoms with Gasteiger partial charge in [-0.25, -0.2) is 4.98 Å². The molecule has 0 radical (unpaired) electrons. The van der Waals surface area contributed by atoms with Gasteiger partial charge in [0.2, 0.25) is 0 Å². The molecule has 2 saturated heterocycles. The zero-order valence-electron chi connectivity index (χ0n) is 14.7. The van der Waals surface area contributed by atoms with Crippen LogP contribution in [0.2, 0.25) is 0 Å². The van der Waals surface area contributed by atoms with Crippen LogP contribution >= 0.6 is 11.8 Å². The van der Waals surface area contributed by atoms with Crippen molar-refractivity contribution < 1.29 is 4.79 Å². The van der Waals surface area contributed by atoms with Gasteiger partial charge in [-0.2, -0.15) is 0 Å². The molecule has 0 saturated carbocycles. The molecule has 132 valence electrons. The number of nitrogens with zero attached hydrogens (tertiary/aromatic N) is 3. The lowest BCUT2D eigenvalue weighted by Gasteiger charge is -2.35. The van der Waals surface area contributed by atoms with Gasteiger partial charge in [0.05, 0.1) is 10.6 Å². The zero-order chi connectivity index (χ0) is 16.9. The predicted octanol–water partition coefficient (Wildman–Crippen LogP) is 2.09. The third kappa shape index (κ3) is 4.49. The molecule has 0 aliphatic carbocycles. The van der Waals surface area contributed by atoms with Gasteiger partial charge in [0.25, 0.3) is 5.91 Å². The van der Waals surface area contributed by atoms with Crippen molar-refractivity contribution in [2.75, 3.05) is 39.0 Å². The van der Waals surface area contributed by atoms with E-state index >= 15 is 0 Å². The molecule has 6 heteroatoms. The maximum Gasteiger partial charge on any atom is 0.253 e. The van der Waals surface area contributed by atoms with Crippen molar-refractivity contribution >= 4 is 17.7 Å². The van der Waals surface area contributed by atoms with Crippen molar-refractivity contribution in [2.45, 2.75) is 43.3 Å². The molecule has 1 N–H and O–H groups in total. The largest absolute Gasteiger partial charge is 0.348 e. The number of thioether (sulfide) groups is 1. The van der Waals surface area contributed by atoms with Crippen LogP contribution in [0.4, 0.5) is 0 Å². The molecule has 5 nitrogen and oxygen atoms in total. The average Bonchev–Trinajstić information content (AvgIpc) is 3.05. The molecule has 1 aromatic heterocycles. The minimum absolute atomic E-state index is 0.00535. The summed E-state index contributed by atoms with van der Waals surface area (Å²) in [5, 5.41) is 4.16. The number of rotatable bonds is 5. The lowest BCUT2D eigenvalue weighted by molar-refractivity contribution is 0.0931. The Morgan fingerprint density at radius 1 is 1.29 bits per heavy atom. The first-order chi connectivity index (χ1) is 11.7. The summed E-state index contributed by atoms with van der Waals surface area (Å²) in [6, 6.07) is 4.77. The molecule has 24 heavy (non-hydrogen) atoms. The number of aromatic nitrogens is 1. The lowest BCUT2D eigenvalue weighted by atomic mass is 10.0. The average molecular weight is 349 g/mol. The number of carbonyl (C=O) groups excluding carboxylic acids is 1. The molecule has 2 aliphatic heterocycles. The van der Waals surface area contributed by atoms with Crippen molar-refractivity contribution in [3.05, 3.63) is 23.9 Å². The fraction of sp³-hybridized carbons (Fsp3) is 0.667. The van der Waals surface area contributed by atoms with Gasteiger partial charge < -0.3 is 10.2 Å². The molecule has 2 fully saturated rings. The Balaban J connectivity index is 1.48. The minimum atomic E-state index is 0.00535. The summed E-state index contributed by atoms with van der Waals surface area (Å²) in [7, 11) is 2.20. The Hall–Kier alpha value is -1.11. The Kier molecular flexibility index (Phi) is 6.14. The molecule has 1 aromatic rings. The number of piperidine rings is 1. The Bertz CT molecular complexity index is 542. The van der Waals surface area contributed by atoms with E-state index < -0.39 is 0 Å². The molecule has 3 heterocycles. The summed E-state index contributed by atoms with van der Waals surface area (Å²) in [6.45, 7) is 6.56. The molecule has 0 aromatic carbocycles. The number of nitrogens with one attached hydrogen (secondary N) is 1. The molecule has 0 bridgehead atoms. The van der Waals surface area contributed by atoms with Gasteiger partial charge in [-0.3, -0.25) is 9.69 Å². The number of hydrogen-bond donors (Lipinski definition) is 1. The van der Waals surface area contributed by atoms with E-state index in [1.807, 2.05) is 12.1 Å². The number of hydrogen-bond acceptors (Lipinski definition) is 5. The summed E-state index contributed by atoms with van der Waals surface area (Å²) >= 11 is 1.69. The molecule has 2 aliphatic rings. The predicted molar refractivity (Wildman–Crippen MR) is 98.6 cm³/mol. The van der Waals surface area contributed by atoms with Crippen molar-refractivity contribution in [3.63, 3.8) is 0 Å². The molecule has 0 spiro atoms. The van der Waals surface area contributed by atoms with Gasteiger partial charge >= 0.3 is 0 Å². The van der Waals surface area contributed by atoms with E-state index in [-0.39, 0.29) is 11.9 Å². The molecular weight excluding hydrogens is 320 g/mol. The molecule has 1 atom stereocenters. The van der Waals surface area contributed by atoms with Crippen LogP contribution in [0.3, 0.4) is 0 Å². The fourth-order valence-electron chi connectivity index (χ4n) is 3.61. The summed E-state index contributed by atoms with van der Waals surface area (Å²) in [6.07, 6.45) is 5.24. The summed E-state index contributed by atoms with van der Waals surface area (Å²) in [5.41, 5.74) is 0.660. The normalized spacial score (nSPS) is 23.5. The van der Waals surface area contributed by atoms with Gasteiger partial charge in [0, 0.05) is 31.4 Å². The lowest BCUT2D eigenvalue weighted by Crippen LogP contribution is -2.44. The first-order valence-corrected chi connectivity index (χ1v) is 9.96. The van der Waals surface area contributed by atoms with Gasteiger partial charge in [0.15, 0.2) is 0 Å². The zero-order valence-corrected chi connectivity index (χ0v) is 15.5. The first kappa shape index (κ1) is 17.7.